The predicted molar refractivity (Wildman–Crippen MR) is 138 cm³/mol. The Labute approximate surface area is 222 Å². The smallest absolute Gasteiger partial charge is 0.268 e. The molecule has 1 amide bonds. The molecule has 0 spiro atoms. The Morgan fingerprint density at radius 2 is 1.29 bits per heavy atom. The number of halogens is 4. The van der Waals surface area contributed by atoms with E-state index in [9.17, 15) is 30.4 Å². The highest BCUT2D eigenvalue weighted by Crippen LogP contribution is 2.36. The number of amides is 1. The summed E-state index contributed by atoms with van der Waals surface area (Å²) < 4.78 is 77.2. The minimum Gasteiger partial charge on any atom is -0.268 e. The van der Waals surface area contributed by atoms with Gasteiger partial charge in [-0.25, -0.2) is 29.9 Å². The molecule has 0 radical (unpaired) electrons. The molecule has 0 N–H and O–H groups in total. The first-order chi connectivity index (χ1) is 15.1. The summed E-state index contributed by atoms with van der Waals surface area (Å²) in [4.78, 5) is 11.9. The van der Waals surface area contributed by atoms with Gasteiger partial charge in [0.25, 0.3) is 15.9 Å². The van der Waals surface area contributed by atoms with Crippen molar-refractivity contribution in [3.05, 3.63) is 56.0 Å². The minimum atomic E-state index is -3.85. The molecule has 0 aromatic heterocycles. The molecule has 0 fully saturated rings. The molecule has 2 aromatic rings. The van der Waals surface area contributed by atoms with Gasteiger partial charge in [0.05, 0.1) is 19.4 Å². The second kappa shape index (κ2) is 10.9. The monoisotopic (exact) mass is 660 g/mol. The molecule has 2 heterocycles. The average Bonchev–Trinajstić information content (AvgIpc) is 3.04. The molecule has 35 heavy (non-hydrogen) atoms. The van der Waals surface area contributed by atoms with E-state index in [-0.39, 0.29) is 51.7 Å². The summed E-state index contributed by atoms with van der Waals surface area (Å²) in [5.74, 6) is -1.76. The number of rotatable bonds is 2. The zero-order valence-corrected chi connectivity index (χ0v) is 22.7. The lowest BCUT2D eigenvalue weighted by Crippen LogP contribution is -2.36. The van der Waals surface area contributed by atoms with Crippen LogP contribution in [-0.4, -0.2) is 43.4 Å². The lowest BCUT2D eigenvalue weighted by Gasteiger charge is -2.18. The SMILES string of the molecule is C.C.CC(C)N1C(=O)c2cc(F)c(Br)cc2S1(=O)=O.CC(C)N1Cc2cc(F)c(Br)cc2S1(=O)=O. The third-order valence-electron chi connectivity index (χ3n) is 5.05. The second-order valence-electron chi connectivity index (χ2n) is 7.98. The highest BCUT2D eigenvalue weighted by atomic mass is 79.9. The van der Waals surface area contributed by atoms with Gasteiger partial charge in [-0.3, -0.25) is 4.79 Å². The van der Waals surface area contributed by atoms with Gasteiger partial charge in [0.2, 0.25) is 10.0 Å². The summed E-state index contributed by atoms with van der Waals surface area (Å²) in [7, 11) is -7.30. The molecule has 4 rings (SSSR count). The molecule has 196 valence electrons. The van der Waals surface area contributed by atoms with E-state index in [1.165, 1.54) is 16.4 Å². The van der Waals surface area contributed by atoms with Crippen LogP contribution in [0.15, 0.2) is 43.0 Å². The van der Waals surface area contributed by atoms with Crippen LogP contribution < -0.4 is 0 Å². The Balaban J connectivity index is 0.000000332. The number of fused-ring (bicyclic) bond motifs is 2. The Bertz CT molecular complexity index is 1360. The van der Waals surface area contributed by atoms with Crippen LogP contribution in [0.5, 0.6) is 0 Å². The number of hydrogen-bond donors (Lipinski definition) is 0. The molecule has 0 bridgehead atoms. The van der Waals surface area contributed by atoms with Crippen molar-refractivity contribution in [2.24, 2.45) is 0 Å². The Kier molecular flexibility index (Phi) is 9.86. The van der Waals surface area contributed by atoms with Crippen molar-refractivity contribution < 1.29 is 30.4 Å². The third kappa shape index (κ3) is 5.48. The molecule has 0 saturated heterocycles. The van der Waals surface area contributed by atoms with Gasteiger partial charge >= 0.3 is 0 Å². The van der Waals surface area contributed by atoms with Gasteiger partial charge in [-0.05, 0) is 89.4 Å². The first kappa shape index (κ1) is 31.6. The van der Waals surface area contributed by atoms with Crippen LogP contribution in [0, 0.1) is 11.6 Å². The van der Waals surface area contributed by atoms with Crippen LogP contribution in [0.1, 0.15) is 58.5 Å². The molecule has 0 atom stereocenters. The maximum absolute atomic E-state index is 13.3. The number of hydrogen-bond acceptors (Lipinski definition) is 5. The van der Waals surface area contributed by atoms with E-state index in [2.05, 4.69) is 31.9 Å². The maximum atomic E-state index is 13.3. The summed E-state index contributed by atoms with van der Waals surface area (Å²) in [6.07, 6.45) is 0. The normalized spacial score (nSPS) is 17.3. The first-order valence-electron chi connectivity index (χ1n) is 9.68. The quantitative estimate of drug-likeness (QED) is 0.399. The van der Waals surface area contributed by atoms with Crippen LogP contribution >= 0.6 is 31.9 Å². The number of benzene rings is 2. The number of carbonyl (C=O) groups is 1. The van der Waals surface area contributed by atoms with Crippen LogP contribution in [0.25, 0.3) is 0 Å². The van der Waals surface area contributed by atoms with E-state index in [1.54, 1.807) is 27.7 Å². The van der Waals surface area contributed by atoms with Crippen LogP contribution in [-0.2, 0) is 26.6 Å². The van der Waals surface area contributed by atoms with E-state index < -0.39 is 43.6 Å². The van der Waals surface area contributed by atoms with Crippen molar-refractivity contribution in [3.8, 4) is 0 Å². The molecular formula is C22H28Br2F2N2O5S2. The molecule has 13 heteroatoms. The summed E-state index contributed by atoms with van der Waals surface area (Å²) in [6, 6.07) is 4.06. The Morgan fingerprint density at radius 1 is 0.800 bits per heavy atom. The molecule has 0 saturated carbocycles. The Hall–Kier alpha value is -1.41. The van der Waals surface area contributed by atoms with Crippen LogP contribution in [0.2, 0.25) is 0 Å². The Morgan fingerprint density at radius 3 is 1.77 bits per heavy atom. The predicted octanol–water partition coefficient (Wildman–Crippen LogP) is 5.91. The second-order valence-corrected chi connectivity index (χ2v) is 13.3. The molecule has 2 aliphatic heterocycles. The highest BCUT2D eigenvalue weighted by molar-refractivity contribution is 9.10. The molecule has 7 nitrogen and oxygen atoms in total. The summed E-state index contributed by atoms with van der Waals surface area (Å²) in [6.45, 7) is 7.03. The fourth-order valence-corrected chi connectivity index (χ4v) is 8.13. The summed E-state index contributed by atoms with van der Waals surface area (Å²) in [5, 5.41) is 0. The lowest BCUT2D eigenvalue weighted by atomic mass is 10.2. The van der Waals surface area contributed by atoms with Gasteiger partial charge < -0.3 is 0 Å². The number of nitrogens with zero attached hydrogens (tertiary/aromatic N) is 2. The first-order valence-corrected chi connectivity index (χ1v) is 14.1. The van der Waals surface area contributed by atoms with Crippen molar-refractivity contribution in [2.75, 3.05) is 0 Å². The molecular weight excluding hydrogens is 634 g/mol. The van der Waals surface area contributed by atoms with E-state index in [0.29, 0.717) is 5.56 Å². The van der Waals surface area contributed by atoms with Crippen molar-refractivity contribution in [2.45, 2.75) is 71.0 Å². The van der Waals surface area contributed by atoms with Gasteiger partial charge in [-0.2, -0.15) is 4.31 Å². The van der Waals surface area contributed by atoms with Crippen molar-refractivity contribution in [1.82, 2.24) is 8.61 Å². The molecule has 2 aromatic carbocycles. The topological polar surface area (TPSA) is 91.8 Å². The van der Waals surface area contributed by atoms with Gasteiger partial charge in [0.1, 0.15) is 16.5 Å². The van der Waals surface area contributed by atoms with Gasteiger partial charge in [-0.15, -0.1) is 0 Å². The zero-order valence-electron chi connectivity index (χ0n) is 17.9. The van der Waals surface area contributed by atoms with Crippen molar-refractivity contribution >= 4 is 57.8 Å². The fraction of sp³-hybridized carbons (Fsp3) is 0.409. The van der Waals surface area contributed by atoms with Gasteiger partial charge in [0, 0.05) is 18.6 Å². The van der Waals surface area contributed by atoms with E-state index in [0.717, 1.165) is 16.4 Å². The maximum Gasteiger partial charge on any atom is 0.269 e. The number of sulfonamides is 2. The zero-order chi connectivity index (χ0) is 25.0. The standard InChI is InChI=1S/C10H9BrFNO3S.C10H11BrFNO2S.2CH4/c1-5(2)13-10(14)6-3-8(12)7(11)4-9(6)17(13,15)16;1-6(2)13-5-7-3-9(12)8(11)4-10(7)16(13,14)15;;/h3-5H,1-2H3;3-4,6H,5H2,1-2H3;2*1H4. The van der Waals surface area contributed by atoms with E-state index in [4.69, 9.17) is 0 Å². The van der Waals surface area contributed by atoms with Gasteiger partial charge in [-0.1, -0.05) is 14.9 Å². The van der Waals surface area contributed by atoms with Crippen molar-refractivity contribution in [3.63, 3.8) is 0 Å². The van der Waals surface area contributed by atoms with Crippen LogP contribution in [0.3, 0.4) is 0 Å². The van der Waals surface area contributed by atoms with Crippen LogP contribution in [0.4, 0.5) is 8.78 Å². The van der Waals surface area contributed by atoms with E-state index >= 15 is 0 Å². The lowest BCUT2D eigenvalue weighted by molar-refractivity contribution is 0.0846. The largest absolute Gasteiger partial charge is 0.269 e. The average molecular weight is 662 g/mol. The van der Waals surface area contributed by atoms with Gasteiger partial charge in [0.15, 0.2) is 0 Å². The van der Waals surface area contributed by atoms with Crippen molar-refractivity contribution in [1.29, 1.82) is 0 Å². The fourth-order valence-electron chi connectivity index (χ4n) is 3.53. The molecule has 2 aliphatic rings. The molecule has 0 aliphatic carbocycles. The highest BCUT2D eigenvalue weighted by Gasteiger charge is 2.43. The summed E-state index contributed by atoms with van der Waals surface area (Å²) >= 11 is 5.91. The minimum absolute atomic E-state index is 0. The molecule has 0 unspecified atom stereocenters. The third-order valence-corrected chi connectivity index (χ3v) is 10.4. The van der Waals surface area contributed by atoms with E-state index in [1.807, 2.05) is 0 Å². The summed E-state index contributed by atoms with van der Waals surface area (Å²) in [5.41, 5.74) is 0.411. The number of carbonyl (C=O) groups excluding carboxylic acids is 1.